The number of aromatic nitrogens is 2. The Morgan fingerprint density at radius 3 is 2.72 bits per heavy atom. The number of carbonyl (C=O) groups excluding carboxylic acids is 1. The predicted octanol–water partition coefficient (Wildman–Crippen LogP) is 1.45. The summed E-state index contributed by atoms with van der Waals surface area (Å²) in [4.78, 5) is 13.6. The quantitative estimate of drug-likeness (QED) is 0.883. The van der Waals surface area contributed by atoms with Gasteiger partial charge in [-0.25, -0.2) is 4.79 Å². The predicted molar refractivity (Wildman–Crippen MR) is 70.8 cm³/mol. The summed E-state index contributed by atoms with van der Waals surface area (Å²) >= 11 is 0. The summed E-state index contributed by atoms with van der Waals surface area (Å²) in [6, 6.07) is 1.80. The average molecular weight is 254 g/mol. The van der Waals surface area contributed by atoms with Crippen molar-refractivity contribution < 1.29 is 9.53 Å². The molecule has 0 saturated carbocycles. The zero-order valence-corrected chi connectivity index (χ0v) is 11.7. The molecule has 1 atom stereocenters. The molecule has 0 radical (unpaired) electrons. The molecule has 0 aliphatic rings. The van der Waals surface area contributed by atoms with Crippen LogP contribution >= 0.6 is 0 Å². The molecule has 0 unspecified atom stereocenters. The summed E-state index contributed by atoms with van der Waals surface area (Å²) in [6.45, 7) is 8.04. The van der Waals surface area contributed by atoms with E-state index < -0.39 is 11.7 Å². The van der Waals surface area contributed by atoms with Crippen molar-refractivity contribution in [1.29, 1.82) is 0 Å². The average Bonchev–Trinajstić information content (AvgIpc) is 2.61. The molecule has 1 aromatic rings. The first-order valence-electron chi connectivity index (χ1n) is 5.95. The molecule has 0 bridgehead atoms. The van der Waals surface area contributed by atoms with Gasteiger partial charge in [-0.1, -0.05) is 0 Å². The largest absolute Gasteiger partial charge is 0.442 e. The van der Waals surface area contributed by atoms with Crippen LogP contribution in [0.25, 0.3) is 0 Å². The van der Waals surface area contributed by atoms with Gasteiger partial charge in [0.25, 0.3) is 0 Å². The van der Waals surface area contributed by atoms with Crippen LogP contribution in [-0.2, 0) is 4.74 Å². The lowest BCUT2D eigenvalue weighted by Crippen LogP contribution is -2.33. The Kier molecular flexibility index (Phi) is 4.34. The molecule has 1 heterocycles. The second-order valence-corrected chi connectivity index (χ2v) is 5.46. The van der Waals surface area contributed by atoms with E-state index in [1.807, 2.05) is 39.6 Å². The third kappa shape index (κ3) is 4.37. The SMILES string of the molecule is C[C@H](N)CN(C)c1ccn(C(=O)OC(C)(C)C)n1. The highest BCUT2D eigenvalue weighted by molar-refractivity contribution is 5.70. The maximum absolute atomic E-state index is 11.8. The van der Waals surface area contributed by atoms with E-state index in [-0.39, 0.29) is 6.04 Å². The number of hydrogen-bond acceptors (Lipinski definition) is 5. The van der Waals surface area contributed by atoms with Crippen LogP contribution in [0, 0.1) is 0 Å². The lowest BCUT2D eigenvalue weighted by Gasteiger charge is -2.19. The number of rotatable bonds is 3. The maximum Gasteiger partial charge on any atom is 0.435 e. The van der Waals surface area contributed by atoms with Gasteiger partial charge in [0.2, 0.25) is 0 Å². The van der Waals surface area contributed by atoms with E-state index in [2.05, 4.69) is 5.10 Å². The molecule has 0 aromatic carbocycles. The second kappa shape index (κ2) is 5.39. The molecule has 0 aliphatic carbocycles. The van der Waals surface area contributed by atoms with Gasteiger partial charge in [0.1, 0.15) is 5.60 Å². The van der Waals surface area contributed by atoms with Crippen molar-refractivity contribution >= 4 is 11.9 Å². The highest BCUT2D eigenvalue weighted by Crippen LogP contribution is 2.12. The van der Waals surface area contributed by atoms with Gasteiger partial charge in [0.15, 0.2) is 5.82 Å². The van der Waals surface area contributed by atoms with Crippen LogP contribution in [0.15, 0.2) is 12.3 Å². The fraction of sp³-hybridized carbons (Fsp3) is 0.667. The third-order valence-corrected chi connectivity index (χ3v) is 2.11. The Balaban J connectivity index is 2.71. The number of nitrogens with zero attached hydrogens (tertiary/aromatic N) is 3. The van der Waals surface area contributed by atoms with Crippen molar-refractivity contribution in [1.82, 2.24) is 9.78 Å². The molecule has 2 N–H and O–H groups in total. The number of hydrogen-bond donors (Lipinski definition) is 1. The molecule has 0 amide bonds. The van der Waals surface area contributed by atoms with Crippen molar-refractivity contribution in [2.75, 3.05) is 18.5 Å². The van der Waals surface area contributed by atoms with Crippen molar-refractivity contribution in [2.45, 2.75) is 39.3 Å². The minimum atomic E-state index is -0.527. The second-order valence-electron chi connectivity index (χ2n) is 5.46. The van der Waals surface area contributed by atoms with Crippen LogP contribution < -0.4 is 10.6 Å². The van der Waals surface area contributed by atoms with E-state index in [4.69, 9.17) is 10.5 Å². The number of likely N-dealkylation sites (N-methyl/N-ethyl adjacent to an activating group) is 1. The molecule has 18 heavy (non-hydrogen) atoms. The molecule has 0 saturated heterocycles. The Morgan fingerprint density at radius 1 is 1.61 bits per heavy atom. The fourth-order valence-electron chi connectivity index (χ4n) is 1.45. The summed E-state index contributed by atoms with van der Waals surface area (Å²) < 4.78 is 6.41. The van der Waals surface area contributed by atoms with Gasteiger partial charge in [0, 0.05) is 31.9 Å². The molecule has 1 rings (SSSR count). The third-order valence-electron chi connectivity index (χ3n) is 2.11. The minimum Gasteiger partial charge on any atom is -0.442 e. The molecule has 0 fully saturated rings. The van der Waals surface area contributed by atoms with E-state index in [1.165, 1.54) is 4.68 Å². The standard InChI is InChI=1S/C12H22N4O2/c1-9(13)8-15(5)10-6-7-16(14-10)11(17)18-12(2,3)4/h6-7,9H,8,13H2,1-5H3/t9-/m0/s1. The van der Waals surface area contributed by atoms with Gasteiger partial charge in [0.05, 0.1) is 0 Å². The van der Waals surface area contributed by atoms with Crippen LogP contribution in [0.2, 0.25) is 0 Å². The minimum absolute atomic E-state index is 0.0432. The fourth-order valence-corrected chi connectivity index (χ4v) is 1.45. The summed E-state index contributed by atoms with van der Waals surface area (Å²) in [6.07, 6.45) is 1.10. The van der Waals surface area contributed by atoms with Gasteiger partial charge in [-0.05, 0) is 27.7 Å². The van der Waals surface area contributed by atoms with Gasteiger partial charge < -0.3 is 15.4 Å². The molecular formula is C12H22N4O2. The van der Waals surface area contributed by atoms with E-state index >= 15 is 0 Å². The molecule has 1 aromatic heterocycles. The summed E-state index contributed by atoms with van der Waals surface area (Å²) in [5, 5.41) is 4.16. The monoisotopic (exact) mass is 254 g/mol. The zero-order chi connectivity index (χ0) is 13.9. The van der Waals surface area contributed by atoms with Crippen molar-refractivity contribution in [3.63, 3.8) is 0 Å². The summed E-state index contributed by atoms with van der Waals surface area (Å²) in [5.74, 6) is 0.693. The topological polar surface area (TPSA) is 73.4 Å². The molecule has 0 aliphatic heterocycles. The van der Waals surface area contributed by atoms with E-state index in [0.717, 1.165) is 0 Å². The molecule has 6 nitrogen and oxygen atoms in total. The van der Waals surface area contributed by atoms with Crippen molar-refractivity contribution in [3.8, 4) is 0 Å². The number of nitrogens with two attached hydrogens (primary N) is 1. The van der Waals surface area contributed by atoms with Gasteiger partial charge in [-0.2, -0.15) is 4.68 Å². The maximum atomic E-state index is 11.8. The first-order chi connectivity index (χ1) is 8.19. The highest BCUT2D eigenvalue weighted by atomic mass is 16.6. The summed E-state index contributed by atoms with van der Waals surface area (Å²) in [5.41, 5.74) is 5.19. The zero-order valence-electron chi connectivity index (χ0n) is 11.7. The molecule has 6 heteroatoms. The lowest BCUT2D eigenvalue weighted by molar-refractivity contribution is 0.0515. The number of anilines is 1. The van der Waals surface area contributed by atoms with Gasteiger partial charge in [-0.15, -0.1) is 5.10 Å². The Hall–Kier alpha value is -1.56. The summed E-state index contributed by atoms with van der Waals surface area (Å²) in [7, 11) is 1.88. The molecule has 0 spiro atoms. The number of ether oxygens (including phenoxy) is 1. The lowest BCUT2D eigenvalue weighted by atomic mass is 10.2. The number of carbonyl (C=O) groups is 1. The normalized spacial score (nSPS) is 13.2. The van der Waals surface area contributed by atoms with E-state index in [0.29, 0.717) is 12.4 Å². The van der Waals surface area contributed by atoms with Crippen LogP contribution in [0.4, 0.5) is 10.6 Å². The van der Waals surface area contributed by atoms with Crippen LogP contribution in [-0.4, -0.2) is 41.1 Å². The van der Waals surface area contributed by atoms with Crippen molar-refractivity contribution in [2.24, 2.45) is 5.73 Å². The Morgan fingerprint density at radius 2 is 2.22 bits per heavy atom. The Bertz CT molecular complexity index is 406. The van der Waals surface area contributed by atoms with Gasteiger partial charge >= 0.3 is 6.09 Å². The van der Waals surface area contributed by atoms with Crippen LogP contribution in [0.1, 0.15) is 27.7 Å². The van der Waals surface area contributed by atoms with E-state index in [1.54, 1.807) is 12.3 Å². The molecule has 102 valence electrons. The van der Waals surface area contributed by atoms with Crippen LogP contribution in [0.5, 0.6) is 0 Å². The Labute approximate surface area is 108 Å². The molecular weight excluding hydrogens is 232 g/mol. The first-order valence-corrected chi connectivity index (χ1v) is 5.95. The van der Waals surface area contributed by atoms with Crippen LogP contribution in [0.3, 0.4) is 0 Å². The van der Waals surface area contributed by atoms with Gasteiger partial charge in [-0.3, -0.25) is 0 Å². The van der Waals surface area contributed by atoms with Crippen molar-refractivity contribution in [3.05, 3.63) is 12.3 Å². The first kappa shape index (κ1) is 14.5. The van der Waals surface area contributed by atoms with E-state index in [9.17, 15) is 4.79 Å². The highest BCUT2D eigenvalue weighted by Gasteiger charge is 2.19. The smallest absolute Gasteiger partial charge is 0.435 e.